The van der Waals surface area contributed by atoms with Gasteiger partial charge in [-0.1, -0.05) is 13.3 Å². The quantitative estimate of drug-likeness (QED) is 0.576. The summed E-state index contributed by atoms with van der Waals surface area (Å²) in [5.74, 6) is 0. The van der Waals surface area contributed by atoms with E-state index in [1.54, 1.807) is 0 Å². The number of hydrogen-bond acceptors (Lipinski definition) is 1. The summed E-state index contributed by atoms with van der Waals surface area (Å²) in [6, 6.07) is 0. The first kappa shape index (κ1) is 8.06. The minimum Gasteiger partial charge on any atom is -0.372 e. The van der Waals surface area contributed by atoms with Crippen LogP contribution < -0.4 is 0 Å². The van der Waals surface area contributed by atoms with Crippen LogP contribution in [0, 0.1) is 0 Å². The Bertz CT molecular complexity index is 107. The molecule has 1 heterocycles. The van der Waals surface area contributed by atoms with Crippen LogP contribution in [-0.2, 0) is 4.74 Å². The molecular weight excluding hydrogens is 124 g/mol. The van der Waals surface area contributed by atoms with E-state index in [1.165, 1.54) is 25.7 Å². The molecule has 60 valence electrons. The van der Waals surface area contributed by atoms with Gasteiger partial charge in [-0.15, -0.1) is 0 Å². The summed E-state index contributed by atoms with van der Waals surface area (Å²) < 4.78 is 5.79. The molecule has 0 amide bonds. The zero-order chi connectivity index (χ0) is 7.61. The largest absolute Gasteiger partial charge is 0.372 e. The van der Waals surface area contributed by atoms with Crippen LogP contribution in [0.5, 0.6) is 0 Å². The lowest BCUT2D eigenvalue weighted by atomic mass is 10.0. The van der Waals surface area contributed by atoms with E-state index in [9.17, 15) is 0 Å². The third kappa shape index (κ3) is 1.98. The van der Waals surface area contributed by atoms with Gasteiger partial charge in [0.25, 0.3) is 0 Å². The molecular formula is C9H18O. The molecule has 0 bridgehead atoms. The molecule has 0 saturated carbocycles. The van der Waals surface area contributed by atoms with Gasteiger partial charge in [0.05, 0.1) is 11.7 Å². The first-order chi connectivity index (χ1) is 4.64. The molecule has 0 aliphatic carbocycles. The van der Waals surface area contributed by atoms with Crippen LogP contribution in [0.3, 0.4) is 0 Å². The zero-order valence-electron chi connectivity index (χ0n) is 7.31. The molecule has 0 N–H and O–H groups in total. The summed E-state index contributed by atoms with van der Waals surface area (Å²) in [4.78, 5) is 0. The van der Waals surface area contributed by atoms with Crippen molar-refractivity contribution in [2.45, 2.75) is 58.2 Å². The lowest BCUT2D eigenvalue weighted by molar-refractivity contribution is -0.0184. The lowest BCUT2D eigenvalue weighted by Crippen LogP contribution is -2.19. The highest BCUT2D eigenvalue weighted by molar-refractivity contribution is 4.80. The van der Waals surface area contributed by atoms with Crippen LogP contribution >= 0.6 is 0 Å². The average molecular weight is 142 g/mol. The Balaban J connectivity index is 2.29. The fraction of sp³-hybridized carbons (Fsp3) is 1.00. The van der Waals surface area contributed by atoms with Gasteiger partial charge in [0.15, 0.2) is 0 Å². The molecule has 0 aromatic rings. The molecule has 10 heavy (non-hydrogen) atoms. The topological polar surface area (TPSA) is 9.23 Å². The lowest BCUT2D eigenvalue weighted by Gasteiger charge is -2.18. The van der Waals surface area contributed by atoms with Gasteiger partial charge in [0, 0.05) is 0 Å². The van der Waals surface area contributed by atoms with Gasteiger partial charge in [-0.2, -0.15) is 0 Å². The fourth-order valence-electron chi connectivity index (χ4n) is 1.60. The second-order valence-corrected chi connectivity index (χ2v) is 3.83. The predicted molar refractivity (Wildman–Crippen MR) is 43.1 cm³/mol. The zero-order valence-corrected chi connectivity index (χ0v) is 7.31. The molecule has 0 radical (unpaired) electrons. The van der Waals surface area contributed by atoms with Crippen LogP contribution in [0.1, 0.15) is 46.5 Å². The minimum atomic E-state index is 0.167. The van der Waals surface area contributed by atoms with Crippen molar-refractivity contribution in [1.82, 2.24) is 0 Å². The Morgan fingerprint density at radius 1 is 1.50 bits per heavy atom. The summed E-state index contributed by atoms with van der Waals surface area (Å²) in [5.41, 5.74) is 0.167. The molecule has 1 aliphatic heterocycles. The van der Waals surface area contributed by atoms with Crippen molar-refractivity contribution in [3.05, 3.63) is 0 Å². The Morgan fingerprint density at radius 3 is 2.60 bits per heavy atom. The first-order valence-corrected chi connectivity index (χ1v) is 4.32. The van der Waals surface area contributed by atoms with Crippen molar-refractivity contribution in [3.63, 3.8) is 0 Å². The number of ether oxygens (including phenoxy) is 1. The van der Waals surface area contributed by atoms with Gasteiger partial charge in [-0.05, 0) is 33.1 Å². The highest BCUT2D eigenvalue weighted by Gasteiger charge is 2.30. The van der Waals surface area contributed by atoms with Gasteiger partial charge in [-0.25, -0.2) is 0 Å². The van der Waals surface area contributed by atoms with Crippen molar-refractivity contribution >= 4 is 0 Å². The van der Waals surface area contributed by atoms with Crippen LogP contribution in [0.4, 0.5) is 0 Å². The normalized spacial score (nSPS) is 30.9. The van der Waals surface area contributed by atoms with E-state index in [-0.39, 0.29) is 5.60 Å². The highest BCUT2D eigenvalue weighted by atomic mass is 16.5. The van der Waals surface area contributed by atoms with Crippen molar-refractivity contribution in [3.8, 4) is 0 Å². The molecule has 1 aliphatic rings. The summed E-state index contributed by atoms with van der Waals surface area (Å²) in [6.07, 6.45) is 5.54. The molecule has 1 saturated heterocycles. The highest BCUT2D eigenvalue weighted by Crippen LogP contribution is 2.31. The van der Waals surface area contributed by atoms with Gasteiger partial charge in [0.1, 0.15) is 0 Å². The molecule has 1 atom stereocenters. The van der Waals surface area contributed by atoms with E-state index in [4.69, 9.17) is 4.74 Å². The second-order valence-electron chi connectivity index (χ2n) is 3.83. The standard InChI is InChI=1S/C9H18O/c1-4-5-8-6-7-9(2,3)10-8/h8H,4-7H2,1-3H3. The molecule has 0 aromatic carbocycles. The van der Waals surface area contributed by atoms with Crippen molar-refractivity contribution < 1.29 is 4.74 Å². The molecule has 1 nitrogen and oxygen atoms in total. The summed E-state index contributed by atoms with van der Waals surface area (Å²) in [6.45, 7) is 6.58. The molecule has 1 rings (SSSR count). The third-order valence-electron chi connectivity index (χ3n) is 2.16. The van der Waals surface area contributed by atoms with E-state index in [1.807, 2.05) is 0 Å². The monoisotopic (exact) mass is 142 g/mol. The maximum Gasteiger partial charge on any atom is 0.0631 e. The maximum absolute atomic E-state index is 5.79. The van der Waals surface area contributed by atoms with Gasteiger partial charge in [-0.3, -0.25) is 0 Å². The molecule has 0 spiro atoms. The van der Waals surface area contributed by atoms with Crippen LogP contribution in [0.25, 0.3) is 0 Å². The van der Waals surface area contributed by atoms with E-state index >= 15 is 0 Å². The van der Waals surface area contributed by atoms with E-state index in [0.717, 1.165) is 0 Å². The summed E-state index contributed by atoms with van der Waals surface area (Å²) in [5, 5.41) is 0. The van der Waals surface area contributed by atoms with Crippen molar-refractivity contribution in [2.24, 2.45) is 0 Å². The van der Waals surface area contributed by atoms with Crippen molar-refractivity contribution in [1.29, 1.82) is 0 Å². The Hall–Kier alpha value is -0.0400. The van der Waals surface area contributed by atoms with Gasteiger partial charge >= 0.3 is 0 Å². The summed E-state index contributed by atoms with van der Waals surface area (Å²) >= 11 is 0. The smallest absolute Gasteiger partial charge is 0.0631 e. The molecule has 1 heteroatoms. The van der Waals surface area contributed by atoms with Crippen LogP contribution in [0.2, 0.25) is 0 Å². The summed E-state index contributed by atoms with van der Waals surface area (Å²) in [7, 11) is 0. The van der Waals surface area contributed by atoms with Gasteiger partial charge in [0.2, 0.25) is 0 Å². The molecule has 0 aromatic heterocycles. The van der Waals surface area contributed by atoms with E-state index in [2.05, 4.69) is 20.8 Å². The predicted octanol–water partition coefficient (Wildman–Crippen LogP) is 2.74. The third-order valence-corrected chi connectivity index (χ3v) is 2.16. The van der Waals surface area contributed by atoms with E-state index in [0.29, 0.717) is 6.10 Å². The first-order valence-electron chi connectivity index (χ1n) is 4.32. The molecule has 1 unspecified atom stereocenters. The SMILES string of the molecule is CCCC1CCC(C)(C)O1. The second kappa shape index (κ2) is 2.91. The number of rotatable bonds is 2. The fourth-order valence-corrected chi connectivity index (χ4v) is 1.60. The van der Waals surface area contributed by atoms with Crippen molar-refractivity contribution in [2.75, 3.05) is 0 Å². The van der Waals surface area contributed by atoms with Gasteiger partial charge < -0.3 is 4.74 Å². The van der Waals surface area contributed by atoms with E-state index < -0.39 is 0 Å². The van der Waals surface area contributed by atoms with Crippen LogP contribution in [-0.4, -0.2) is 11.7 Å². The number of hydrogen-bond donors (Lipinski definition) is 0. The Kier molecular flexibility index (Phi) is 2.35. The molecule has 1 fully saturated rings. The Labute approximate surface area is 63.8 Å². The maximum atomic E-state index is 5.79. The Morgan fingerprint density at radius 2 is 2.20 bits per heavy atom. The average Bonchev–Trinajstić information content (AvgIpc) is 2.12. The van der Waals surface area contributed by atoms with Crippen LogP contribution in [0.15, 0.2) is 0 Å². The minimum absolute atomic E-state index is 0.167.